The Morgan fingerprint density at radius 1 is 0.413 bits per heavy atom. The monoisotopic (exact) mass is 806 g/mol. The Kier molecular flexibility index (Phi) is 9.72. The first-order valence-electron chi connectivity index (χ1n) is 21.4. The van der Waals surface area contributed by atoms with E-state index in [-0.39, 0.29) is 0 Å². The molecule has 0 saturated heterocycles. The Hall–Kier alpha value is -8.34. The summed E-state index contributed by atoms with van der Waals surface area (Å²) in [5.41, 5.74) is 18.0. The van der Waals surface area contributed by atoms with Crippen LogP contribution in [0.3, 0.4) is 0 Å². The van der Waals surface area contributed by atoms with Crippen LogP contribution in [0.25, 0.3) is 89.0 Å². The molecule has 11 rings (SSSR count). The van der Waals surface area contributed by atoms with Crippen molar-refractivity contribution in [3.63, 3.8) is 0 Å². The van der Waals surface area contributed by atoms with Crippen molar-refractivity contribution in [3.8, 4) is 61.6 Å². The van der Waals surface area contributed by atoms with Crippen LogP contribution >= 0.6 is 0 Å². The van der Waals surface area contributed by atoms with Crippen LogP contribution in [0.4, 0.5) is 11.4 Å². The van der Waals surface area contributed by atoms with Gasteiger partial charge < -0.3 is 4.90 Å². The Morgan fingerprint density at radius 3 is 1.67 bits per heavy atom. The molecule has 0 bridgehead atoms. The van der Waals surface area contributed by atoms with Crippen LogP contribution in [0.1, 0.15) is 5.56 Å². The van der Waals surface area contributed by atoms with Crippen molar-refractivity contribution in [2.75, 3.05) is 11.4 Å². The summed E-state index contributed by atoms with van der Waals surface area (Å²) in [7, 11) is 0. The first-order valence-corrected chi connectivity index (χ1v) is 21.4. The number of benzene rings is 8. The standard InChI is InChI=1S/C59H42N4/c1-41-15-5-4-14-36-62(50-18-8-3-9-19-50)56-34-32-47(37-54(41)56)48-33-35-58-55(38-48)53-22-12-13-23-57(53)63(58)59-60-39-49(40-61-59)44-26-24-42(25-27-44)43-28-30-46(31-29-43)52-21-11-10-20-51(52)45-16-6-2-7-17-45/h2-35,37-40H,1,36H2/b14-4-,15-5-. The van der Waals surface area contributed by atoms with E-state index in [1.165, 1.54) is 27.8 Å². The molecule has 8 aromatic carbocycles. The molecular formula is C59H42N4. The third-order valence-electron chi connectivity index (χ3n) is 12.1. The fourth-order valence-electron chi connectivity index (χ4n) is 8.92. The minimum Gasteiger partial charge on any atom is -0.337 e. The Morgan fingerprint density at radius 2 is 0.952 bits per heavy atom. The molecule has 3 heterocycles. The molecule has 0 aliphatic carbocycles. The van der Waals surface area contributed by atoms with Crippen molar-refractivity contribution in [2.24, 2.45) is 0 Å². The fourth-order valence-corrected chi connectivity index (χ4v) is 8.92. The first-order chi connectivity index (χ1) is 31.2. The Balaban J connectivity index is 0.876. The van der Waals surface area contributed by atoms with Gasteiger partial charge in [0.2, 0.25) is 5.95 Å². The molecule has 0 atom stereocenters. The average molecular weight is 807 g/mol. The van der Waals surface area contributed by atoms with Gasteiger partial charge in [0.1, 0.15) is 0 Å². The van der Waals surface area contributed by atoms with Crippen LogP contribution in [-0.4, -0.2) is 21.1 Å². The largest absolute Gasteiger partial charge is 0.337 e. The van der Waals surface area contributed by atoms with E-state index in [2.05, 4.69) is 234 Å². The molecule has 0 saturated carbocycles. The molecule has 2 aromatic heterocycles. The van der Waals surface area contributed by atoms with Gasteiger partial charge in [0.25, 0.3) is 0 Å². The molecule has 0 N–H and O–H groups in total. The molecule has 298 valence electrons. The summed E-state index contributed by atoms with van der Waals surface area (Å²) in [5, 5.41) is 2.31. The van der Waals surface area contributed by atoms with Gasteiger partial charge in [0, 0.05) is 52.2 Å². The van der Waals surface area contributed by atoms with E-state index < -0.39 is 0 Å². The maximum absolute atomic E-state index is 4.97. The second kappa shape index (κ2) is 16.3. The lowest BCUT2D eigenvalue weighted by Gasteiger charge is -2.27. The Bertz CT molecular complexity index is 3340. The zero-order valence-corrected chi connectivity index (χ0v) is 34.6. The topological polar surface area (TPSA) is 34.0 Å². The van der Waals surface area contributed by atoms with Gasteiger partial charge in [0.05, 0.1) is 11.0 Å². The predicted octanol–water partition coefficient (Wildman–Crippen LogP) is 15.2. The number of fused-ring (bicyclic) bond motifs is 4. The number of hydrogen-bond donors (Lipinski definition) is 0. The number of para-hydroxylation sites is 2. The minimum atomic E-state index is 0.637. The number of aromatic nitrogens is 3. The SMILES string of the molecule is C=C1/C=C\C=C/CN(c2ccccc2)c2ccc(-c3ccc4c(c3)c3ccccc3n4-c3ncc(-c4ccc(-c5ccc(-c6ccccc6-c6ccccc6)cc5)cc4)cn3)cc21. The second-order valence-electron chi connectivity index (χ2n) is 15.9. The fraction of sp³-hybridized carbons (Fsp3) is 0.0169. The maximum atomic E-state index is 4.97. The molecule has 10 aromatic rings. The van der Waals surface area contributed by atoms with Crippen LogP contribution in [0, 0.1) is 0 Å². The van der Waals surface area contributed by atoms with Crippen molar-refractivity contribution < 1.29 is 0 Å². The molecule has 1 aliphatic heterocycles. The van der Waals surface area contributed by atoms with Gasteiger partial charge in [-0.3, -0.25) is 4.57 Å². The van der Waals surface area contributed by atoms with Crippen LogP contribution < -0.4 is 4.90 Å². The molecule has 0 spiro atoms. The number of rotatable bonds is 7. The third-order valence-corrected chi connectivity index (χ3v) is 12.1. The molecule has 0 fully saturated rings. The molecule has 1 aliphatic rings. The van der Waals surface area contributed by atoms with Gasteiger partial charge in [-0.15, -0.1) is 0 Å². The summed E-state index contributed by atoms with van der Waals surface area (Å²) in [5.74, 6) is 0.637. The highest BCUT2D eigenvalue weighted by Crippen LogP contribution is 2.39. The summed E-state index contributed by atoms with van der Waals surface area (Å²) < 4.78 is 2.17. The number of hydrogen-bond acceptors (Lipinski definition) is 3. The molecule has 0 radical (unpaired) electrons. The van der Waals surface area contributed by atoms with Crippen LogP contribution in [0.2, 0.25) is 0 Å². The number of anilines is 2. The lowest BCUT2D eigenvalue weighted by molar-refractivity contribution is 0.990. The number of nitrogens with zero attached hydrogens (tertiary/aromatic N) is 4. The summed E-state index contributed by atoms with van der Waals surface area (Å²) in [6.45, 7) is 5.25. The van der Waals surface area contributed by atoms with Crippen molar-refractivity contribution >= 4 is 38.8 Å². The third kappa shape index (κ3) is 7.14. The van der Waals surface area contributed by atoms with Gasteiger partial charge in [-0.2, -0.15) is 0 Å². The van der Waals surface area contributed by atoms with Crippen LogP contribution in [0.15, 0.2) is 237 Å². The van der Waals surface area contributed by atoms with E-state index in [1.54, 1.807) is 0 Å². The minimum absolute atomic E-state index is 0.637. The molecule has 0 unspecified atom stereocenters. The predicted molar refractivity (Wildman–Crippen MR) is 264 cm³/mol. The van der Waals surface area contributed by atoms with Crippen molar-refractivity contribution in [1.82, 2.24) is 14.5 Å². The second-order valence-corrected chi connectivity index (χ2v) is 15.9. The lowest BCUT2D eigenvalue weighted by atomic mass is 9.93. The van der Waals surface area contributed by atoms with Gasteiger partial charge in [-0.05, 0) is 98.1 Å². The highest BCUT2D eigenvalue weighted by atomic mass is 15.2. The van der Waals surface area contributed by atoms with Gasteiger partial charge in [-0.25, -0.2) is 9.97 Å². The smallest absolute Gasteiger partial charge is 0.234 e. The normalized spacial score (nSPS) is 13.6. The maximum Gasteiger partial charge on any atom is 0.234 e. The van der Waals surface area contributed by atoms with E-state index in [9.17, 15) is 0 Å². The van der Waals surface area contributed by atoms with Crippen LogP contribution in [-0.2, 0) is 0 Å². The number of allylic oxidation sites excluding steroid dienone is 4. The van der Waals surface area contributed by atoms with Crippen LogP contribution in [0.5, 0.6) is 0 Å². The lowest BCUT2D eigenvalue weighted by Crippen LogP contribution is -2.18. The van der Waals surface area contributed by atoms with Crippen molar-refractivity contribution in [2.45, 2.75) is 0 Å². The highest BCUT2D eigenvalue weighted by Gasteiger charge is 2.19. The molecular weight excluding hydrogens is 765 g/mol. The molecule has 0 amide bonds. The Labute approximate surface area is 367 Å². The zero-order valence-electron chi connectivity index (χ0n) is 34.6. The van der Waals surface area contributed by atoms with E-state index >= 15 is 0 Å². The summed E-state index contributed by atoms with van der Waals surface area (Å²) in [6, 6.07) is 69.2. The van der Waals surface area contributed by atoms with E-state index in [1.807, 2.05) is 12.4 Å². The van der Waals surface area contributed by atoms with E-state index in [0.717, 1.165) is 78.7 Å². The average Bonchev–Trinajstić information content (AvgIpc) is 3.72. The van der Waals surface area contributed by atoms with Gasteiger partial charge in [-0.1, -0.05) is 183 Å². The first kappa shape index (κ1) is 37.6. The van der Waals surface area contributed by atoms with Gasteiger partial charge in [0.15, 0.2) is 0 Å². The van der Waals surface area contributed by atoms with Crippen molar-refractivity contribution in [1.29, 1.82) is 0 Å². The van der Waals surface area contributed by atoms with E-state index in [0.29, 0.717) is 5.95 Å². The zero-order chi connectivity index (χ0) is 42.1. The summed E-state index contributed by atoms with van der Waals surface area (Å²) in [4.78, 5) is 12.3. The summed E-state index contributed by atoms with van der Waals surface area (Å²) in [6.07, 6.45) is 12.3. The summed E-state index contributed by atoms with van der Waals surface area (Å²) >= 11 is 0. The van der Waals surface area contributed by atoms with E-state index in [4.69, 9.17) is 9.97 Å². The van der Waals surface area contributed by atoms with Crippen molar-refractivity contribution in [3.05, 3.63) is 243 Å². The van der Waals surface area contributed by atoms with Gasteiger partial charge >= 0.3 is 0 Å². The molecule has 63 heavy (non-hydrogen) atoms. The highest BCUT2D eigenvalue weighted by molar-refractivity contribution is 6.10. The quantitative estimate of drug-likeness (QED) is 0.161. The molecule has 4 nitrogen and oxygen atoms in total. The molecule has 4 heteroatoms.